The van der Waals surface area contributed by atoms with E-state index < -0.39 is 0 Å². The van der Waals surface area contributed by atoms with Crippen LogP contribution in [0.25, 0.3) is 0 Å². The molecule has 0 bridgehead atoms. The molecule has 1 amide bonds. The maximum Gasteiger partial charge on any atom is 0.271 e. The van der Waals surface area contributed by atoms with Gasteiger partial charge in [0.05, 0.1) is 0 Å². The molecule has 1 aromatic heterocycles. The molecule has 1 aromatic rings. The Labute approximate surface area is 111 Å². The van der Waals surface area contributed by atoms with Gasteiger partial charge in [0.15, 0.2) is 5.69 Å². The Hall–Kier alpha value is -1.30. The molecular weight excluding hydrogens is 248 g/mol. The summed E-state index contributed by atoms with van der Waals surface area (Å²) >= 11 is 1.93. The maximum absolute atomic E-state index is 11.9. The van der Waals surface area contributed by atoms with Gasteiger partial charge in [0.2, 0.25) is 0 Å². The van der Waals surface area contributed by atoms with E-state index in [1.165, 1.54) is 12.2 Å². The number of hydrogen-bond donors (Lipinski definition) is 2. The van der Waals surface area contributed by atoms with Crippen LogP contribution in [0.4, 0.5) is 5.82 Å². The SMILES string of the molecule is CNc1ccc(C(=O)NCC2(C)CCCS2)nn1. The van der Waals surface area contributed by atoms with Gasteiger partial charge in [-0.05, 0) is 37.7 Å². The quantitative estimate of drug-likeness (QED) is 0.865. The predicted octanol–water partition coefficient (Wildman–Crippen LogP) is 1.53. The molecule has 1 fully saturated rings. The van der Waals surface area contributed by atoms with Crippen molar-refractivity contribution in [1.29, 1.82) is 0 Å². The largest absolute Gasteiger partial charge is 0.372 e. The van der Waals surface area contributed by atoms with Gasteiger partial charge < -0.3 is 10.6 Å². The van der Waals surface area contributed by atoms with E-state index in [-0.39, 0.29) is 10.7 Å². The number of thioether (sulfide) groups is 1. The molecule has 0 spiro atoms. The zero-order valence-corrected chi connectivity index (χ0v) is 11.5. The van der Waals surface area contributed by atoms with Crippen LogP contribution in [0.5, 0.6) is 0 Å². The van der Waals surface area contributed by atoms with E-state index in [1.54, 1.807) is 19.2 Å². The van der Waals surface area contributed by atoms with Crippen molar-refractivity contribution < 1.29 is 4.79 Å². The summed E-state index contributed by atoms with van der Waals surface area (Å²) in [5, 5.41) is 13.6. The third-order valence-corrected chi connectivity index (χ3v) is 4.61. The lowest BCUT2D eigenvalue weighted by atomic mass is 10.1. The third kappa shape index (κ3) is 3.13. The number of nitrogens with one attached hydrogen (secondary N) is 2. The minimum atomic E-state index is -0.154. The van der Waals surface area contributed by atoms with E-state index in [0.29, 0.717) is 18.1 Å². The number of amides is 1. The second-order valence-corrected chi connectivity index (χ2v) is 6.32. The summed E-state index contributed by atoms with van der Waals surface area (Å²) in [5.41, 5.74) is 0.362. The summed E-state index contributed by atoms with van der Waals surface area (Å²) in [5.74, 6) is 1.69. The van der Waals surface area contributed by atoms with Gasteiger partial charge in [-0.15, -0.1) is 10.2 Å². The number of carbonyl (C=O) groups is 1. The molecule has 0 radical (unpaired) electrons. The molecule has 1 unspecified atom stereocenters. The van der Waals surface area contributed by atoms with Crippen molar-refractivity contribution in [3.63, 3.8) is 0 Å². The predicted molar refractivity (Wildman–Crippen MR) is 74.0 cm³/mol. The Morgan fingerprint density at radius 2 is 2.33 bits per heavy atom. The van der Waals surface area contributed by atoms with Crippen LogP contribution in [0, 0.1) is 0 Å². The number of aromatic nitrogens is 2. The second kappa shape index (κ2) is 5.56. The first-order valence-electron chi connectivity index (χ1n) is 6.07. The number of anilines is 1. The van der Waals surface area contributed by atoms with Crippen molar-refractivity contribution in [3.05, 3.63) is 17.8 Å². The van der Waals surface area contributed by atoms with E-state index >= 15 is 0 Å². The van der Waals surface area contributed by atoms with E-state index in [2.05, 4.69) is 27.8 Å². The minimum Gasteiger partial charge on any atom is -0.372 e. The lowest BCUT2D eigenvalue weighted by molar-refractivity contribution is 0.0944. The molecular formula is C12H18N4OS. The van der Waals surface area contributed by atoms with Gasteiger partial charge in [0.25, 0.3) is 5.91 Å². The number of carbonyl (C=O) groups excluding carboxylic acids is 1. The molecule has 5 nitrogen and oxygen atoms in total. The van der Waals surface area contributed by atoms with Crippen LogP contribution >= 0.6 is 11.8 Å². The highest BCUT2D eigenvalue weighted by Gasteiger charge is 2.29. The molecule has 1 aliphatic heterocycles. The fourth-order valence-electron chi connectivity index (χ4n) is 1.92. The highest BCUT2D eigenvalue weighted by atomic mass is 32.2. The van der Waals surface area contributed by atoms with Crippen molar-refractivity contribution >= 4 is 23.5 Å². The molecule has 0 saturated carbocycles. The maximum atomic E-state index is 11.9. The minimum absolute atomic E-state index is 0.154. The van der Waals surface area contributed by atoms with E-state index in [1.807, 2.05) is 11.8 Å². The first-order chi connectivity index (χ1) is 8.63. The molecule has 2 N–H and O–H groups in total. The Morgan fingerprint density at radius 3 is 2.89 bits per heavy atom. The number of rotatable bonds is 4. The molecule has 98 valence electrons. The fourth-order valence-corrected chi connectivity index (χ4v) is 3.17. The van der Waals surface area contributed by atoms with Crippen molar-refractivity contribution in [1.82, 2.24) is 15.5 Å². The van der Waals surface area contributed by atoms with Gasteiger partial charge in [0.1, 0.15) is 5.82 Å². The van der Waals surface area contributed by atoms with Gasteiger partial charge in [-0.2, -0.15) is 11.8 Å². The summed E-state index contributed by atoms with van der Waals surface area (Å²) < 4.78 is 0.175. The average Bonchev–Trinajstić information content (AvgIpc) is 2.83. The van der Waals surface area contributed by atoms with Crippen LogP contribution in [0.2, 0.25) is 0 Å². The van der Waals surface area contributed by atoms with Crippen LogP contribution in [0.15, 0.2) is 12.1 Å². The Bertz CT molecular complexity index is 415. The van der Waals surface area contributed by atoms with Crippen molar-refractivity contribution in [2.45, 2.75) is 24.5 Å². The van der Waals surface area contributed by atoms with Crippen LogP contribution in [0.1, 0.15) is 30.3 Å². The van der Waals surface area contributed by atoms with Crippen molar-refractivity contribution in [3.8, 4) is 0 Å². The lowest BCUT2D eigenvalue weighted by Crippen LogP contribution is -2.37. The van der Waals surface area contributed by atoms with E-state index in [9.17, 15) is 4.79 Å². The molecule has 2 rings (SSSR count). The smallest absolute Gasteiger partial charge is 0.271 e. The van der Waals surface area contributed by atoms with E-state index in [0.717, 1.165) is 6.42 Å². The molecule has 1 atom stereocenters. The van der Waals surface area contributed by atoms with Crippen molar-refractivity contribution in [2.75, 3.05) is 24.7 Å². The van der Waals surface area contributed by atoms with Crippen LogP contribution in [0.3, 0.4) is 0 Å². The molecule has 6 heteroatoms. The highest BCUT2D eigenvalue weighted by Crippen LogP contribution is 2.36. The summed E-state index contributed by atoms with van der Waals surface area (Å²) in [6.07, 6.45) is 2.38. The Kier molecular flexibility index (Phi) is 4.06. The van der Waals surface area contributed by atoms with Gasteiger partial charge in [-0.25, -0.2) is 0 Å². The van der Waals surface area contributed by atoms with Crippen LogP contribution < -0.4 is 10.6 Å². The van der Waals surface area contributed by atoms with Crippen molar-refractivity contribution in [2.24, 2.45) is 0 Å². The molecule has 1 saturated heterocycles. The molecule has 0 aromatic carbocycles. The lowest BCUT2D eigenvalue weighted by Gasteiger charge is -2.22. The monoisotopic (exact) mass is 266 g/mol. The summed E-state index contributed by atoms with van der Waals surface area (Å²) in [7, 11) is 1.77. The third-order valence-electron chi connectivity index (χ3n) is 3.08. The van der Waals surface area contributed by atoms with Crippen LogP contribution in [-0.4, -0.2) is 40.2 Å². The number of hydrogen-bond acceptors (Lipinski definition) is 5. The van der Waals surface area contributed by atoms with E-state index in [4.69, 9.17) is 0 Å². The Morgan fingerprint density at radius 1 is 1.50 bits per heavy atom. The molecule has 0 aliphatic carbocycles. The fraction of sp³-hybridized carbons (Fsp3) is 0.583. The second-order valence-electron chi connectivity index (χ2n) is 4.64. The first kappa shape index (κ1) is 13.1. The molecule has 18 heavy (non-hydrogen) atoms. The number of nitrogens with zero attached hydrogens (tertiary/aromatic N) is 2. The molecule has 1 aliphatic rings. The summed E-state index contributed by atoms with van der Waals surface area (Å²) in [4.78, 5) is 11.9. The van der Waals surface area contributed by atoms with Crippen LogP contribution in [-0.2, 0) is 0 Å². The van der Waals surface area contributed by atoms with Gasteiger partial charge in [0, 0.05) is 18.3 Å². The van der Waals surface area contributed by atoms with Gasteiger partial charge in [-0.3, -0.25) is 4.79 Å². The first-order valence-corrected chi connectivity index (χ1v) is 7.05. The average molecular weight is 266 g/mol. The normalized spacial score (nSPS) is 22.8. The van der Waals surface area contributed by atoms with Gasteiger partial charge in [-0.1, -0.05) is 0 Å². The summed E-state index contributed by atoms with van der Waals surface area (Å²) in [6.45, 7) is 2.88. The Balaban J connectivity index is 1.90. The zero-order chi connectivity index (χ0) is 13.0. The topological polar surface area (TPSA) is 66.9 Å². The zero-order valence-electron chi connectivity index (χ0n) is 10.7. The highest BCUT2D eigenvalue weighted by molar-refractivity contribution is 8.00. The van der Waals surface area contributed by atoms with Gasteiger partial charge >= 0.3 is 0 Å². The molecule has 2 heterocycles. The standard InChI is InChI=1S/C12H18N4OS/c1-12(6-3-7-18-12)8-14-11(17)9-4-5-10(13-2)16-15-9/h4-5H,3,6-8H2,1-2H3,(H,13,16)(H,14,17). The summed E-state index contributed by atoms with van der Waals surface area (Å²) in [6, 6.07) is 3.42.